The van der Waals surface area contributed by atoms with Crippen LogP contribution in [-0.2, 0) is 11.3 Å². The summed E-state index contributed by atoms with van der Waals surface area (Å²) in [5, 5.41) is 11.6. The van der Waals surface area contributed by atoms with Gasteiger partial charge in [-0.1, -0.05) is 18.2 Å². The van der Waals surface area contributed by atoms with Crippen molar-refractivity contribution in [2.24, 2.45) is 0 Å². The monoisotopic (exact) mass is 355 g/mol. The van der Waals surface area contributed by atoms with Crippen LogP contribution in [-0.4, -0.2) is 30.7 Å². The summed E-state index contributed by atoms with van der Waals surface area (Å²) in [6.07, 6.45) is 3.12. The standard InChI is InChI=1S/C20H21NO5/c1-3-26-18-12-14(6-10-17(18)25-2)7-11-19(22)21-13-15-4-8-16(9-5-15)20(23)24/h4-12H,3,13H2,1-2H3,(H,21,22)(H,23,24)/b11-7+. The highest BCUT2D eigenvalue weighted by Gasteiger charge is 2.05. The summed E-state index contributed by atoms with van der Waals surface area (Å²) in [4.78, 5) is 22.8. The first-order valence-electron chi connectivity index (χ1n) is 8.12. The van der Waals surface area contributed by atoms with Crippen molar-refractivity contribution >= 4 is 18.0 Å². The minimum atomic E-state index is -0.977. The van der Waals surface area contributed by atoms with Gasteiger partial charge >= 0.3 is 5.97 Å². The number of aromatic carboxylic acids is 1. The van der Waals surface area contributed by atoms with Crippen molar-refractivity contribution < 1.29 is 24.2 Å². The van der Waals surface area contributed by atoms with E-state index in [2.05, 4.69) is 5.32 Å². The van der Waals surface area contributed by atoms with Crippen molar-refractivity contribution in [2.45, 2.75) is 13.5 Å². The fourth-order valence-corrected chi connectivity index (χ4v) is 2.25. The van der Waals surface area contributed by atoms with Crippen LogP contribution in [0.5, 0.6) is 11.5 Å². The van der Waals surface area contributed by atoms with Crippen molar-refractivity contribution in [3.8, 4) is 11.5 Å². The number of hydrogen-bond donors (Lipinski definition) is 2. The normalized spacial score (nSPS) is 10.5. The number of carbonyl (C=O) groups is 2. The summed E-state index contributed by atoms with van der Waals surface area (Å²) in [7, 11) is 1.57. The number of carbonyl (C=O) groups excluding carboxylic acids is 1. The Hall–Kier alpha value is -3.28. The Morgan fingerprint density at radius 1 is 1.12 bits per heavy atom. The summed E-state index contributed by atoms with van der Waals surface area (Å²) >= 11 is 0. The molecule has 0 aliphatic rings. The Balaban J connectivity index is 1.94. The van der Waals surface area contributed by atoms with E-state index < -0.39 is 5.97 Å². The lowest BCUT2D eigenvalue weighted by Gasteiger charge is -2.09. The van der Waals surface area contributed by atoms with Gasteiger partial charge in [-0.15, -0.1) is 0 Å². The summed E-state index contributed by atoms with van der Waals surface area (Å²) in [5.41, 5.74) is 1.85. The molecule has 0 aliphatic carbocycles. The molecule has 0 fully saturated rings. The summed E-state index contributed by atoms with van der Waals surface area (Å²) in [6, 6.07) is 11.8. The molecule has 2 N–H and O–H groups in total. The van der Waals surface area contributed by atoms with E-state index in [-0.39, 0.29) is 11.5 Å². The molecule has 6 heteroatoms. The average Bonchev–Trinajstić information content (AvgIpc) is 2.65. The first-order valence-corrected chi connectivity index (χ1v) is 8.12. The number of carboxylic acid groups (broad SMARTS) is 1. The molecular weight excluding hydrogens is 334 g/mol. The van der Waals surface area contributed by atoms with E-state index in [0.29, 0.717) is 24.7 Å². The fourth-order valence-electron chi connectivity index (χ4n) is 2.25. The molecule has 0 radical (unpaired) electrons. The number of hydrogen-bond acceptors (Lipinski definition) is 4. The fraction of sp³-hybridized carbons (Fsp3) is 0.200. The highest BCUT2D eigenvalue weighted by Crippen LogP contribution is 2.28. The molecule has 2 rings (SSSR count). The zero-order valence-electron chi connectivity index (χ0n) is 14.7. The van der Waals surface area contributed by atoms with Crippen LogP contribution in [0.3, 0.4) is 0 Å². The van der Waals surface area contributed by atoms with Gasteiger partial charge in [0.05, 0.1) is 19.3 Å². The van der Waals surface area contributed by atoms with Gasteiger partial charge in [0, 0.05) is 12.6 Å². The molecule has 0 aliphatic heterocycles. The Bertz CT molecular complexity index is 796. The van der Waals surface area contributed by atoms with E-state index in [4.69, 9.17) is 14.6 Å². The lowest BCUT2D eigenvalue weighted by Crippen LogP contribution is -2.20. The van der Waals surface area contributed by atoms with Gasteiger partial charge in [-0.3, -0.25) is 4.79 Å². The van der Waals surface area contributed by atoms with E-state index in [9.17, 15) is 9.59 Å². The van der Waals surface area contributed by atoms with Crippen LogP contribution < -0.4 is 14.8 Å². The van der Waals surface area contributed by atoms with Gasteiger partial charge in [-0.25, -0.2) is 4.79 Å². The SMILES string of the molecule is CCOc1cc(/C=C/C(=O)NCc2ccc(C(=O)O)cc2)ccc1OC. The second-order valence-electron chi connectivity index (χ2n) is 5.40. The number of rotatable bonds is 8. The molecule has 0 heterocycles. The zero-order valence-corrected chi connectivity index (χ0v) is 14.7. The molecule has 0 aromatic heterocycles. The number of methoxy groups -OCH3 is 1. The van der Waals surface area contributed by atoms with Crippen LogP contribution in [0.4, 0.5) is 0 Å². The van der Waals surface area contributed by atoms with Crippen molar-refractivity contribution in [2.75, 3.05) is 13.7 Å². The molecule has 0 atom stereocenters. The number of amides is 1. The first kappa shape index (κ1) is 19.1. The Morgan fingerprint density at radius 2 is 1.85 bits per heavy atom. The maximum absolute atomic E-state index is 12.0. The topological polar surface area (TPSA) is 84.9 Å². The predicted molar refractivity (Wildman–Crippen MR) is 98.4 cm³/mol. The molecule has 2 aromatic rings. The van der Waals surface area contributed by atoms with Gasteiger partial charge in [0.15, 0.2) is 11.5 Å². The van der Waals surface area contributed by atoms with Crippen LogP contribution in [0.25, 0.3) is 6.08 Å². The third kappa shape index (κ3) is 5.37. The molecule has 1 amide bonds. The predicted octanol–water partition coefficient (Wildman–Crippen LogP) is 3.12. The first-order chi connectivity index (χ1) is 12.5. The van der Waals surface area contributed by atoms with Crippen molar-refractivity contribution in [3.05, 3.63) is 65.2 Å². The van der Waals surface area contributed by atoms with Gasteiger partial charge in [0.2, 0.25) is 5.91 Å². The highest BCUT2D eigenvalue weighted by atomic mass is 16.5. The molecular formula is C20H21NO5. The van der Waals surface area contributed by atoms with Crippen LogP contribution in [0, 0.1) is 0 Å². The molecule has 0 unspecified atom stereocenters. The van der Waals surface area contributed by atoms with Gasteiger partial charge in [0.1, 0.15) is 0 Å². The number of carboxylic acids is 1. The maximum atomic E-state index is 12.0. The number of nitrogens with one attached hydrogen (secondary N) is 1. The van der Waals surface area contributed by atoms with Crippen molar-refractivity contribution in [1.29, 1.82) is 0 Å². The minimum absolute atomic E-state index is 0.213. The Labute approximate surface area is 152 Å². The second-order valence-corrected chi connectivity index (χ2v) is 5.40. The summed E-state index contributed by atoms with van der Waals surface area (Å²) in [6.45, 7) is 2.72. The third-order valence-electron chi connectivity index (χ3n) is 3.58. The Morgan fingerprint density at radius 3 is 2.46 bits per heavy atom. The summed E-state index contributed by atoms with van der Waals surface area (Å²) in [5.74, 6) is 0.0323. The van der Waals surface area contributed by atoms with Gasteiger partial charge < -0.3 is 19.9 Å². The van der Waals surface area contributed by atoms with Crippen LogP contribution >= 0.6 is 0 Å². The van der Waals surface area contributed by atoms with E-state index in [1.54, 1.807) is 37.5 Å². The molecule has 0 saturated carbocycles. The van der Waals surface area contributed by atoms with Crippen LogP contribution in [0.1, 0.15) is 28.4 Å². The largest absolute Gasteiger partial charge is 0.493 e. The zero-order chi connectivity index (χ0) is 18.9. The molecule has 6 nitrogen and oxygen atoms in total. The minimum Gasteiger partial charge on any atom is -0.493 e. The van der Waals surface area contributed by atoms with Gasteiger partial charge in [-0.05, 0) is 48.4 Å². The van der Waals surface area contributed by atoms with Crippen molar-refractivity contribution in [3.63, 3.8) is 0 Å². The third-order valence-corrected chi connectivity index (χ3v) is 3.58. The van der Waals surface area contributed by atoms with E-state index in [1.165, 1.54) is 18.2 Å². The summed E-state index contributed by atoms with van der Waals surface area (Å²) < 4.78 is 10.7. The highest BCUT2D eigenvalue weighted by molar-refractivity contribution is 5.91. The lowest BCUT2D eigenvalue weighted by atomic mass is 10.1. The Kier molecular flexibility index (Phi) is 6.79. The van der Waals surface area contributed by atoms with Gasteiger partial charge in [-0.2, -0.15) is 0 Å². The van der Waals surface area contributed by atoms with Gasteiger partial charge in [0.25, 0.3) is 0 Å². The number of ether oxygens (including phenoxy) is 2. The lowest BCUT2D eigenvalue weighted by molar-refractivity contribution is -0.116. The maximum Gasteiger partial charge on any atom is 0.335 e. The molecule has 0 spiro atoms. The van der Waals surface area contributed by atoms with Crippen LogP contribution in [0.2, 0.25) is 0 Å². The molecule has 0 bridgehead atoms. The smallest absolute Gasteiger partial charge is 0.335 e. The molecule has 136 valence electrons. The van der Waals surface area contributed by atoms with Crippen LogP contribution in [0.15, 0.2) is 48.5 Å². The van der Waals surface area contributed by atoms with E-state index in [0.717, 1.165) is 11.1 Å². The molecule has 26 heavy (non-hydrogen) atoms. The molecule has 2 aromatic carbocycles. The second kappa shape index (κ2) is 9.27. The quantitative estimate of drug-likeness (QED) is 0.711. The number of benzene rings is 2. The van der Waals surface area contributed by atoms with E-state index >= 15 is 0 Å². The van der Waals surface area contributed by atoms with E-state index in [1.807, 2.05) is 13.0 Å². The van der Waals surface area contributed by atoms with Crippen molar-refractivity contribution in [1.82, 2.24) is 5.32 Å². The molecule has 0 saturated heterocycles. The average molecular weight is 355 g/mol.